The number of nitrogens with one attached hydrogen (secondary N) is 3. The van der Waals surface area contributed by atoms with Crippen LogP contribution >= 0.6 is 0 Å². The Morgan fingerprint density at radius 1 is 1.22 bits per heavy atom. The summed E-state index contributed by atoms with van der Waals surface area (Å²) in [6, 6.07) is 5.00. The van der Waals surface area contributed by atoms with E-state index in [-0.39, 0.29) is 29.3 Å². The molecule has 2 atom stereocenters. The number of carbonyl (C=O) groups excluding carboxylic acids is 1. The third kappa shape index (κ3) is 4.51. The summed E-state index contributed by atoms with van der Waals surface area (Å²) < 4.78 is 14.6. The van der Waals surface area contributed by atoms with Crippen molar-refractivity contribution in [3.63, 3.8) is 0 Å². The number of hydrogen-bond donors (Lipinski definition) is 4. The number of nitrogens with two attached hydrogens (primary N) is 1. The molecule has 2 aromatic heterocycles. The first-order valence-electron chi connectivity index (χ1n) is 9.11. The molecular weight excluding hydrogens is 347 g/mol. The number of aromatic nitrogens is 2. The fourth-order valence-corrected chi connectivity index (χ4v) is 3.46. The summed E-state index contributed by atoms with van der Waals surface area (Å²) in [7, 11) is 1.91. The zero-order valence-electron chi connectivity index (χ0n) is 15.6. The Kier molecular flexibility index (Phi) is 5.85. The average Bonchev–Trinajstić information content (AvgIpc) is 2.64. The number of amides is 1. The molecule has 144 valence electrons. The molecule has 0 bridgehead atoms. The lowest BCUT2D eigenvalue weighted by atomic mass is 9.90. The molecule has 1 saturated carbocycles. The van der Waals surface area contributed by atoms with Crippen LogP contribution in [-0.4, -0.2) is 35.0 Å². The summed E-state index contributed by atoms with van der Waals surface area (Å²) in [6.45, 7) is 1.85. The van der Waals surface area contributed by atoms with Gasteiger partial charge in [-0.1, -0.05) is 12.8 Å². The van der Waals surface area contributed by atoms with Gasteiger partial charge in [0.25, 0.3) is 5.91 Å². The highest BCUT2D eigenvalue weighted by Gasteiger charge is 2.26. The van der Waals surface area contributed by atoms with Crippen molar-refractivity contribution in [3.8, 4) is 0 Å². The smallest absolute Gasteiger partial charge is 0.252 e. The number of rotatable bonds is 6. The topological polar surface area (TPSA) is 105 Å². The molecule has 7 nitrogen and oxygen atoms in total. The molecule has 0 radical (unpaired) electrons. The van der Waals surface area contributed by atoms with Gasteiger partial charge in [-0.3, -0.25) is 9.78 Å². The minimum absolute atomic E-state index is 0.00123. The predicted octanol–water partition coefficient (Wildman–Crippen LogP) is 2.71. The van der Waals surface area contributed by atoms with Gasteiger partial charge < -0.3 is 21.7 Å². The Hall–Kier alpha value is -2.74. The van der Waals surface area contributed by atoms with Gasteiger partial charge in [0, 0.05) is 29.7 Å². The molecule has 1 aliphatic rings. The second-order valence-corrected chi connectivity index (χ2v) is 6.82. The summed E-state index contributed by atoms with van der Waals surface area (Å²) in [5.74, 6) is -1.01. The summed E-state index contributed by atoms with van der Waals surface area (Å²) in [4.78, 5) is 20.2. The third-order valence-electron chi connectivity index (χ3n) is 4.86. The van der Waals surface area contributed by atoms with Crippen LogP contribution < -0.4 is 21.7 Å². The number of primary amides is 1. The van der Waals surface area contributed by atoms with E-state index in [9.17, 15) is 9.18 Å². The van der Waals surface area contributed by atoms with Crippen molar-refractivity contribution in [1.82, 2.24) is 15.3 Å². The van der Waals surface area contributed by atoms with Crippen molar-refractivity contribution in [2.75, 3.05) is 17.7 Å². The second-order valence-electron chi connectivity index (χ2n) is 6.82. The molecule has 0 saturated heterocycles. The van der Waals surface area contributed by atoms with Crippen LogP contribution in [0.4, 0.5) is 21.7 Å². The van der Waals surface area contributed by atoms with Crippen LogP contribution in [0.15, 0.2) is 24.4 Å². The molecule has 0 spiro atoms. The summed E-state index contributed by atoms with van der Waals surface area (Å²) >= 11 is 0. The molecule has 1 amide bonds. The first-order chi connectivity index (χ1) is 13.0. The number of carbonyl (C=O) groups is 1. The highest BCUT2D eigenvalue weighted by Crippen LogP contribution is 2.27. The van der Waals surface area contributed by atoms with E-state index in [2.05, 4.69) is 25.9 Å². The zero-order chi connectivity index (χ0) is 19.4. The first-order valence-corrected chi connectivity index (χ1v) is 9.11. The fraction of sp³-hybridized carbons (Fsp3) is 0.421. The lowest BCUT2D eigenvalue weighted by molar-refractivity contribution is 0.100. The number of likely N-dealkylation sites (N-methyl/N-ethyl adjacent to an activating group) is 1. The van der Waals surface area contributed by atoms with E-state index < -0.39 is 11.7 Å². The molecule has 8 heteroatoms. The standard InChI is InChI=1S/C19H25FN6O/c1-11-9-12(7-8-23-11)24-18-13(17(21)27)10-14(20)19(26-18)25-16-6-4-3-5-15(16)22-2/h7-10,15-16,22H,3-6H2,1-2H3,(H2,21,27)(H2,23,24,25,26). The second kappa shape index (κ2) is 8.30. The Morgan fingerprint density at radius 3 is 2.63 bits per heavy atom. The van der Waals surface area contributed by atoms with Gasteiger partial charge in [-0.2, -0.15) is 0 Å². The summed E-state index contributed by atoms with van der Waals surface area (Å²) in [6.07, 6.45) is 5.82. The zero-order valence-corrected chi connectivity index (χ0v) is 15.6. The van der Waals surface area contributed by atoms with Gasteiger partial charge >= 0.3 is 0 Å². The monoisotopic (exact) mass is 372 g/mol. The van der Waals surface area contributed by atoms with Gasteiger partial charge in [-0.05, 0) is 45.0 Å². The number of anilines is 3. The van der Waals surface area contributed by atoms with Gasteiger partial charge in [-0.15, -0.1) is 0 Å². The largest absolute Gasteiger partial charge is 0.365 e. The number of hydrogen-bond acceptors (Lipinski definition) is 6. The minimum Gasteiger partial charge on any atom is -0.365 e. The van der Waals surface area contributed by atoms with Crippen LogP contribution in [0.2, 0.25) is 0 Å². The molecule has 2 heterocycles. The summed E-state index contributed by atoms with van der Waals surface area (Å²) in [5, 5.41) is 9.53. The van der Waals surface area contributed by atoms with Crippen molar-refractivity contribution in [2.45, 2.75) is 44.7 Å². The van der Waals surface area contributed by atoms with E-state index in [1.165, 1.54) is 0 Å². The molecule has 2 aromatic rings. The van der Waals surface area contributed by atoms with E-state index in [1.54, 1.807) is 18.3 Å². The highest BCUT2D eigenvalue weighted by atomic mass is 19.1. The maximum atomic E-state index is 14.6. The van der Waals surface area contributed by atoms with Crippen LogP contribution in [-0.2, 0) is 0 Å². The van der Waals surface area contributed by atoms with E-state index >= 15 is 0 Å². The van der Waals surface area contributed by atoms with E-state index in [0.717, 1.165) is 37.4 Å². The van der Waals surface area contributed by atoms with Gasteiger partial charge in [-0.25, -0.2) is 9.37 Å². The van der Waals surface area contributed by atoms with Crippen LogP contribution in [0.5, 0.6) is 0 Å². The molecule has 2 unspecified atom stereocenters. The lowest BCUT2D eigenvalue weighted by Gasteiger charge is -2.32. The van der Waals surface area contributed by atoms with Gasteiger partial charge in [0.15, 0.2) is 11.6 Å². The molecule has 1 fully saturated rings. The Labute approximate surface area is 158 Å². The van der Waals surface area contributed by atoms with Crippen LogP contribution in [0.1, 0.15) is 41.7 Å². The molecule has 5 N–H and O–H groups in total. The van der Waals surface area contributed by atoms with Crippen LogP contribution in [0, 0.1) is 12.7 Å². The Morgan fingerprint density at radius 2 is 1.96 bits per heavy atom. The Bertz CT molecular complexity index is 828. The number of aryl methyl sites for hydroxylation is 1. The molecular formula is C19H25FN6O. The van der Waals surface area contributed by atoms with Crippen molar-refractivity contribution in [2.24, 2.45) is 5.73 Å². The van der Waals surface area contributed by atoms with Gasteiger partial charge in [0.05, 0.1) is 5.56 Å². The van der Waals surface area contributed by atoms with Crippen molar-refractivity contribution < 1.29 is 9.18 Å². The van der Waals surface area contributed by atoms with E-state index in [1.807, 2.05) is 14.0 Å². The lowest BCUT2D eigenvalue weighted by Crippen LogP contribution is -2.45. The molecule has 27 heavy (non-hydrogen) atoms. The van der Waals surface area contributed by atoms with Crippen molar-refractivity contribution >= 4 is 23.2 Å². The first kappa shape index (κ1) is 19.0. The van der Waals surface area contributed by atoms with Crippen LogP contribution in [0.3, 0.4) is 0 Å². The highest BCUT2D eigenvalue weighted by molar-refractivity contribution is 5.98. The molecule has 0 aromatic carbocycles. The number of halogens is 1. The Balaban J connectivity index is 1.91. The van der Waals surface area contributed by atoms with Crippen molar-refractivity contribution in [1.29, 1.82) is 0 Å². The average molecular weight is 372 g/mol. The van der Waals surface area contributed by atoms with Crippen molar-refractivity contribution in [3.05, 3.63) is 41.5 Å². The summed E-state index contributed by atoms with van der Waals surface area (Å²) in [5.41, 5.74) is 6.92. The number of pyridine rings is 2. The van der Waals surface area contributed by atoms with Gasteiger partial charge in [0.1, 0.15) is 5.82 Å². The normalized spacial score (nSPS) is 19.5. The predicted molar refractivity (Wildman–Crippen MR) is 104 cm³/mol. The van der Waals surface area contributed by atoms with E-state index in [0.29, 0.717) is 5.69 Å². The SMILES string of the molecule is CNC1CCCCC1Nc1nc(Nc2ccnc(C)c2)c(C(N)=O)cc1F. The maximum absolute atomic E-state index is 14.6. The quantitative estimate of drug-likeness (QED) is 0.621. The molecule has 1 aliphatic carbocycles. The number of nitrogens with zero attached hydrogens (tertiary/aromatic N) is 2. The minimum atomic E-state index is -0.744. The van der Waals surface area contributed by atoms with Gasteiger partial charge in [0.2, 0.25) is 0 Å². The fourth-order valence-electron chi connectivity index (χ4n) is 3.46. The molecule has 0 aliphatic heterocycles. The van der Waals surface area contributed by atoms with Crippen LogP contribution in [0.25, 0.3) is 0 Å². The third-order valence-corrected chi connectivity index (χ3v) is 4.86. The molecule has 3 rings (SSSR count). The van der Waals surface area contributed by atoms with E-state index in [4.69, 9.17) is 5.73 Å². The maximum Gasteiger partial charge on any atom is 0.252 e.